The van der Waals surface area contributed by atoms with E-state index < -0.39 is 0 Å². The van der Waals surface area contributed by atoms with Crippen LogP contribution in [0.25, 0.3) is 0 Å². The number of piperidine rings is 1. The third-order valence-corrected chi connectivity index (χ3v) is 4.69. The maximum Gasteiger partial charge on any atom is 0.0462 e. The SMILES string of the molecule is CC(CNCc1ccc(Br)cc1Cl)CN1CCCCC1. The number of benzene rings is 1. The highest BCUT2D eigenvalue weighted by molar-refractivity contribution is 9.10. The van der Waals surface area contributed by atoms with Crippen LogP contribution in [0.3, 0.4) is 0 Å². The molecule has 1 fully saturated rings. The number of nitrogens with zero attached hydrogens (tertiary/aromatic N) is 1. The van der Waals surface area contributed by atoms with Crippen molar-refractivity contribution in [3.63, 3.8) is 0 Å². The molecule has 1 saturated heterocycles. The molecule has 2 rings (SSSR count). The van der Waals surface area contributed by atoms with Gasteiger partial charge < -0.3 is 10.2 Å². The lowest BCUT2D eigenvalue weighted by Crippen LogP contribution is -2.36. The van der Waals surface area contributed by atoms with E-state index in [4.69, 9.17) is 11.6 Å². The largest absolute Gasteiger partial charge is 0.312 e. The van der Waals surface area contributed by atoms with E-state index in [1.54, 1.807) is 0 Å². The fourth-order valence-corrected chi connectivity index (χ4v) is 3.51. The van der Waals surface area contributed by atoms with Gasteiger partial charge in [-0.2, -0.15) is 0 Å². The van der Waals surface area contributed by atoms with E-state index in [9.17, 15) is 0 Å². The topological polar surface area (TPSA) is 15.3 Å². The normalized spacial score (nSPS) is 18.1. The van der Waals surface area contributed by atoms with Gasteiger partial charge in [-0.1, -0.05) is 46.9 Å². The number of hydrogen-bond acceptors (Lipinski definition) is 2. The van der Waals surface area contributed by atoms with Gasteiger partial charge in [0.05, 0.1) is 0 Å². The van der Waals surface area contributed by atoms with Gasteiger partial charge >= 0.3 is 0 Å². The number of nitrogens with one attached hydrogen (secondary N) is 1. The van der Waals surface area contributed by atoms with Crippen molar-refractivity contribution in [2.45, 2.75) is 32.7 Å². The summed E-state index contributed by atoms with van der Waals surface area (Å²) in [5, 5.41) is 4.35. The summed E-state index contributed by atoms with van der Waals surface area (Å²) in [6, 6.07) is 6.07. The summed E-state index contributed by atoms with van der Waals surface area (Å²) in [4.78, 5) is 2.60. The maximum absolute atomic E-state index is 6.22. The summed E-state index contributed by atoms with van der Waals surface area (Å²) >= 11 is 9.65. The quantitative estimate of drug-likeness (QED) is 0.814. The minimum atomic E-state index is 0.683. The van der Waals surface area contributed by atoms with Crippen LogP contribution in [-0.2, 0) is 6.54 Å². The predicted octanol–water partition coefficient (Wildman–Crippen LogP) is 4.31. The minimum Gasteiger partial charge on any atom is -0.312 e. The van der Waals surface area contributed by atoms with E-state index in [0.29, 0.717) is 5.92 Å². The first-order chi connectivity index (χ1) is 9.65. The highest BCUT2D eigenvalue weighted by Crippen LogP contribution is 2.21. The molecular formula is C16H24BrClN2. The van der Waals surface area contributed by atoms with Crippen molar-refractivity contribution in [1.82, 2.24) is 10.2 Å². The van der Waals surface area contributed by atoms with Crippen molar-refractivity contribution < 1.29 is 0 Å². The molecule has 1 atom stereocenters. The second-order valence-electron chi connectivity index (χ2n) is 5.83. The summed E-state index contributed by atoms with van der Waals surface area (Å²) in [5.41, 5.74) is 1.17. The molecule has 1 unspecified atom stereocenters. The summed E-state index contributed by atoms with van der Waals surface area (Å²) in [6.07, 6.45) is 4.15. The zero-order valence-electron chi connectivity index (χ0n) is 12.2. The summed E-state index contributed by atoms with van der Waals surface area (Å²) < 4.78 is 1.03. The third kappa shape index (κ3) is 5.36. The van der Waals surface area contributed by atoms with E-state index >= 15 is 0 Å². The standard InChI is InChI=1S/C16H24BrClN2/c1-13(12-20-7-3-2-4-8-20)10-19-11-14-5-6-15(17)9-16(14)18/h5-6,9,13,19H,2-4,7-8,10-12H2,1H3. The van der Waals surface area contributed by atoms with Crippen molar-refractivity contribution >= 4 is 27.5 Å². The predicted molar refractivity (Wildman–Crippen MR) is 90.3 cm³/mol. The van der Waals surface area contributed by atoms with Crippen molar-refractivity contribution in [3.05, 3.63) is 33.3 Å². The van der Waals surface area contributed by atoms with Gasteiger partial charge in [-0.25, -0.2) is 0 Å². The fraction of sp³-hybridized carbons (Fsp3) is 0.625. The van der Waals surface area contributed by atoms with Crippen LogP contribution in [-0.4, -0.2) is 31.1 Å². The Morgan fingerprint density at radius 3 is 2.75 bits per heavy atom. The summed E-state index contributed by atoms with van der Waals surface area (Å²) in [5.74, 6) is 0.683. The molecular weight excluding hydrogens is 336 g/mol. The van der Waals surface area contributed by atoms with Crippen LogP contribution in [0.5, 0.6) is 0 Å². The highest BCUT2D eigenvalue weighted by atomic mass is 79.9. The lowest BCUT2D eigenvalue weighted by Gasteiger charge is -2.29. The second-order valence-corrected chi connectivity index (χ2v) is 7.16. The van der Waals surface area contributed by atoms with Gasteiger partial charge in [0.1, 0.15) is 0 Å². The molecule has 0 amide bonds. The Morgan fingerprint density at radius 1 is 1.30 bits per heavy atom. The first-order valence-corrected chi connectivity index (χ1v) is 8.69. The molecule has 1 aromatic carbocycles. The van der Waals surface area contributed by atoms with Crippen LogP contribution in [0, 0.1) is 5.92 Å². The zero-order chi connectivity index (χ0) is 14.4. The molecule has 20 heavy (non-hydrogen) atoms. The lowest BCUT2D eigenvalue weighted by atomic mass is 10.1. The third-order valence-electron chi connectivity index (χ3n) is 3.84. The molecule has 1 N–H and O–H groups in total. The first-order valence-electron chi connectivity index (χ1n) is 7.52. The lowest BCUT2D eigenvalue weighted by molar-refractivity contribution is 0.199. The Labute approximate surface area is 136 Å². The molecule has 1 aliphatic heterocycles. The molecule has 0 aliphatic carbocycles. The Hall–Kier alpha value is -0.0900. The van der Waals surface area contributed by atoms with Gasteiger partial charge in [0, 0.05) is 22.6 Å². The molecule has 0 bridgehead atoms. The molecule has 1 aliphatic rings. The summed E-state index contributed by atoms with van der Waals surface area (Å²) in [7, 11) is 0. The van der Waals surface area contributed by atoms with Crippen LogP contribution < -0.4 is 5.32 Å². The molecule has 2 nitrogen and oxygen atoms in total. The maximum atomic E-state index is 6.22. The average Bonchev–Trinajstić information content (AvgIpc) is 2.42. The molecule has 112 valence electrons. The highest BCUT2D eigenvalue weighted by Gasteiger charge is 2.13. The Kier molecular flexibility index (Phi) is 6.82. The molecule has 0 saturated carbocycles. The van der Waals surface area contributed by atoms with Crippen molar-refractivity contribution in [2.24, 2.45) is 5.92 Å². The van der Waals surface area contributed by atoms with Gasteiger partial charge in [0.15, 0.2) is 0 Å². The van der Waals surface area contributed by atoms with E-state index in [1.807, 2.05) is 12.1 Å². The van der Waals surface area contributed by atoms with E-state index in [0.717, 1.165) is 22.6 Å². The van der Waals surface area contributed by atoms with Crippen molar-refractivity contribution in [3.8, 4) is 0 Å². The number of hydrogen-bond donors (Lipinski definition) is 1. The van der Waals surface area contributed by atoms with Gasteiger partial charge in [-0.05, 0) is 56.1 Å². The Morgan fingerprint density at radius 2 is 2.05 bits per heavy atom. The van der Waals surface area contributed by atoms with Crippen LogP contribution in [0.2, 0.25) is 5.02 Å². The number of halogens is 2. The fourth-order valence-electron chi connectivity index (χ4n) is 2.77. The molecule has 1 heterocycles. The number of likely N-dealkylation sites (tertiary alicyclic amines) is 1. The van der Waals surface area contributed by atoms with Crippen LogP contribution in [0.4, 0.5) is 0 Å². The first kappa shape index (κ1) is 16.3. The molecule has 4 heteroatoms. The van der Waals surface area contributed by atoms with Crippen LogP contribution in [0.1, 0.15) is 31.7 Å². The molecule has 0 aromatic heterocycles. The Bertz CT molecular complexity index is 419. The monoisotopic (exact) mass is 358 g/mol. The zero-order valence-corrected chi connectivity index (χ0v) is 14.5. The number of rotatable bonds is 6. The average molecular weight is 360 g/mol. The van der Waals surface area contributed by atoms with Gasteiger partial charge in [-0.15, -0.1) is 0 Å². The van der Waals surface area contributed by atoms with Gasteiger partial charge in [0.25, 0.3) is 0 Å². The van der Waals surface area contributed by atoms with Gasteiger partial charge in [-0.3, -0.25) is 0 Å². The van der Waals surface area contributed by atoms with Crippen molar-refractivity contribution in [2.75, 3.05) is 26.2 Å². The Balaban J connectivity index is 1.69. The van der Waals surface area contributed by atoms with E-state index in [2.05, 4.69) is 39.1 Å². The molecule has 0 spiro atoms. The van der Waals surface area contributed by atoms with Crippen LogP contribution in [0.15, 0.2) is 22.7 Å². The summed E-state index contributed by atoms with van der Waals surface area (Å²) in [6.45, 7) is 7.98. The van der Waals surface area contributed by atoms with E-state index in [-0.39, 0.29) is 0 Å². The van der Waals surface area contributed by atoms with Gasteiger partial charge in [0.2, 0.25) is 0 Å². The van der Waals surface area contributed by atoms with Crippen molar-refractivity contribution in [1.29, 1.82) is 0 Å². The van der Waals surface area contributed by atoms with E-state index in [1.165, 1.54) is 44.5 Å². The second kappa shape index (κ2) is 8.38. The smallest absolute Gasteiger partial charge is 0.0462 e. The minimum absolute atomic E-state index is 0.683. The van der Waals surface area contributed by atoms with Crippen LogP contribution >= 0.6 is 27.5 Å². The molecule has 1 aromatic rings. The molecule has 0 radical (unpaired) electrons.